The molecular weight excluding hydrogens is 166 g/mol. The number of rotatable bonds is 3. The first-order valence-electron chi connectivity index (χ1n) is 4.17. The monoisotopic (exact) mass is 179 g/mol. The minimum Gasteiger partial charge on any atom is -0.508 e. The fourth-order valence-corrected chi connectivity index (χ4v) is 1.22. The van der Waals surface area contributed by atoms with Crippen molar-refractivity contribution in [1.29, 1.82) is 0 Å². The van der Waals surface area contributed by atoms with E-state index in [1.54, 1.807) is 12.1 Å². The molecule has 0 saturated carbocycles. The average molecular weight is 179 g/mol. The van der Waals surface area contributed by atoms with Gasteiger partial charge in [-0.05, 0) is 36.2 Å². The third-order valence-corrected chi connectivity index (χ3v) is 2.08. The normalized spacial score (nSPS) is 12.5. The molecule has 1 aromatic carbocycles. The number of nitrogens with two attached hydrogens (primary N) is 1. The number of aldehydes is 1. The summed E-state index contributed by atoms with van der Waals surface area (Å²) in [4.78, 5) is 10.6. The molecule has 0 aromatic heterocycles. The van der Waals surface area contributed by atoms with Crippen molar-refractivity contribution < 1.29 is 9.90 Å². The maximum Gasteiger partial charge on any atom is 0.150 e. The van der Waals surface area contributed by atoms with Gasteiger partial charge in [0.15, 0.2) is 0 Å². The summed E-state index contributed by atoms with van der Waals surface area (Å²) in [7, 11) is 0. The van der Waals surface area contributed by atoms with Crippen molar-refractivity contribution in [2.45, 2.75) is 12.8 Å². The fourth-order valence-electron chi connectivity index (χ4n) is 1.22. The first-order valence-corrected chi connectivity index (χ1v) is 4.17. The molecule has 0 saturated heterocycles. The lowest BCUT2D eigenvalue weighted by atomic mass is 9.96. The lowest BCUT2D eigenvalue weighted by molar-refractivity contribution is 0.112. The van der Waals surface area contributed by atoms with Crippen LogP contribution in [0.25, 0.3) is 0 Å². The van der Waals surface area contributed by atoms with E-state index < -0.39 is 0 Å². The highest BCUT2D eigenvalue weighted by Gasteiger charge is 2.09. The van der Waals surface area contributed by atoms with Gasteiger partial charge >= 0.3 is 0 Å². The standard InChI is InChI=1S/C10H13NO2/c1-7(5-11)10-4-9(13)3-2-8(10)6-12/h2-4,6-7,13H,5,11H2,1H3. The third kappa shape index (κ3) is 2.06. The van der Waals surface area contributed by atoms with E-state index in [1.807, 2.05) is 6.92 Å². The third-order valence-electron chi connectivity index (χ3n) is 2.08. The zero-order valence-electron chi connectivity index (χ0n) is 7.53. The van der Waals surface area contributed by atoms with Crippen LogP contribution >= 0.6 is 0 Å². The smallest absolute Gasteiger partial charge is 0.150 e. The molecule has 0 spiro atoms. The van der Waals surface area contributed by atoms with Gasteiger partial charge in [0.2, 0.25) is 0 Å². The van der Waals surface area contributed by atoms with Gasteiger partial charge in [-0.25, -0.2) is 0 Å². The van der Waals surface area contributed by atoms with Gasteiger partial charge < -0.3 is 10.8 Å². The Morgan fingerprint density at radius 2 is 2.31 bits per heavy atom. The Morgan fingerprint density at radius 3 is 2.85 bits per heavy atom. The molecule has 0 bridgehead atoms. The largest absolute Gasteiger partial charge is 0.508 e. The molecule has 0 aliphatic carbocycles. The molecule has 0 fully saturated rings. The van der Waals surface area contributed by atoms with E-state index in [4.69, 9.17) is 5.73 Å². The average Bonchev–Trinajstić information content (AvgIpc) is 2.16. The van der Waals surface area contributed by atoms with Gasteiger partial charge in [-0.3, -0.25) is 4.79 Å². The SMILES string of the molecule is CC(CN)c1cc(O)ccc1C=O. The fraction of sp³-hybridized carbons (Fsp3) is 0.300. The quantitative estimate of drug-likeness (QED) is 0.687. The zero-order valence-corrected chi connectivity index (χ0v) is 7.53. The molecule has 1 rings (SSSR count). The minimum atomic E-state index is 0.0901. The van der Waals surface area contributed by atoms with Crippen LogP contribution in [0.5, 0.6) is 5.75 Å². The van der Waals surface area contributed by atoms with Crippen molar-refractivity contribution in [2.24, 2.45) is 5.73 Å². The van der Waals surface area contributed by atoms with Gasteiger partial charge in [0.1, 0.15) is 12.0 Å². The Kier molecular flexibility index (Phi) is 3.03. The first-order chi connectivity index (χ1) is 6.19. The number of hydrogen-bond donors (Lipinski definition) is 2. The highest BCUT2D eigenvalue weighted by Crippen LogP contribution is 2.22. The van der Waals surface area contributed by atoms with Gasteiger partial charge in [0.05, 0.1) is 0 Å². The van der Waals surface area contributed by atoms with Crippen LogP contribution in [0.1, 0.15) is 28.8 Å². The van der Waals surface area contributed by atoms with E-state index in [9.17, 15) is 9.90 Å². The second-order valence-corrected chi connectivity index (χ2v) is 3.07. The molecule has 1 atom stereocenters. The van der Waals surface area contributed by atoms with Crippen LogP contribution in [0.2, 0.25) is 0 Å². The van der Waals surface area contributed by atoms with E-state index in [0.717, 1.165) is 11.8 Å². The van der Waals surface area contributed by atoms with Crippen molar-refractivity contribution in [3.8, 4) is 5.75 Å². The minimum absolute atomic E-state index is 0.0901. The van der Waals surface area contributed by atoms with Crippen LogP contribution < -0.4 is 5.73 Å². The Labute approximate surface area is 77.2 Å². The Morgan fingerprint density at radius 1 is 1.62 bits per heavy atom. The predicted octanol–water partition coefficient (Wildman–Crippen LogP) is 1.27. The highest BCUT2D eigenvalue weighted by molar-refractivity contribution is 5.78. The maximum atomic E-state index is 10.6. The number of phenols is 1. The molecular formula is C10H13NO2. The summed E-state index contributed by atoms with van der Waals surface area (Å²) >= 11 is 0. The van der Waals surface area contributed by atoms with Gasteiger partial charge in [0, 0.05) is 5.56 Å². The molecule has 70 valence electrons. The van der Waals surface area contributed by atoms with Crippen molar-refractivity contribution in [3.05, 3.63) is 29.3 Å². The van der Waals surface area contributed by atoms with Crippen molar-refractivity contribution in [3.63, 3.8) is 0 Å². The maximum absolute atomic E-state index is 10.6. The Hall–Kier alpha value is -1.35. The number of carbonyl (C=O) groups excluding carboxylic acids is 1. The summed E-state index contributed by atoms with van der Waals surface area (Å²) < 4.78 is 0. The van der Waals surface area contributed by atoms with E-state index in [1.165, 1.54) is 6.07 Å². The summed E-state index contributed by atoms with van der Waals surface area (Å²) in [6.45, 7) is 2.38. The lowest BCUT2D eigenvalue weighted by Gasteiger charge is -2.11. The lowest BCUT2D eigenvalue weighted by Crippen LogP contribution is -2.10. The molecule has 0 radical (unpaired) electrons. The number of phenolic OH excluding ortho intramolecular Hbond substituents is 1. The first kappa shape index (κ1) is 9.74. The van der Waals surface area contributed by atoms with Crippen LogP contribution in [0.15, 0.2) is 18.2 Å². The van der Waals surface area contributed by atoms with Crippen molar-refractivity contribution >= 4 is 6.29 Å². The summed E-state index contributed by atoms with van der Waals surface area (Å²) in [5, 5.41) is 9.22. The Balaban J connectivity index is 3.15. The molecule has 3 N–H and O–H groups in total. The van der Waals surface area contributed by atoms with Crippen molar-refractivity contribution in [1.82, 2.24) is 0 Å². The molecule has 0 heterocycles. The van der Waals surface area contributed by atoms with Crippen LogP contribution in [-0.4, -0.2) is 17.9 Å². The van der Waals surface area contributed by atoms with Gasteiger partial charge in [0.25, 0.3) is 0 Å². The van der Waals surface area contributed by atoms with Crippen LogP contribution in [-0.2, 0) is 0 Å². The van der Waals surface area contributed by atoms with Crippen LogP contribution in [0.3, 0.4) is 0 Å². The number of carbonyl (C=O) groups is 1. The zero-order chi connectivity index (χ0) is 9.84. The molecule has 0 aliphatic heterocycles. The number of benzene rings is 1. The van der Waals surface area contributed by atoms with Gasteiger partial charge in [-0.15, -0.1) is 0 Å². The highest BCUT2D eigenvalue weighted by atomic mass is 16.3. The molecule has 0 amide bonds. The molecule has 3 heteroatoms. The van der Waals surface area contributed by atoms with Crippen LogP contribution in [0, 0.1) is 0 Å². The summed E-state index contributed by atoms with van der Waals surface area (Å²) in [6, 6.07) is 4.68. The Bertz CT molecular complexity index is 310. The van der Waals surface area contributed by atoms with Gasteiger partial charge in [-0.2, -0.15) is 0 Å². The second-order valence-electron chi connectivity index (χ2n) is 3.07. The molecule has 13 heavy (non-hydrogen) atoms. The van der Waals surface area contributed by atoms with Crippen molar-refractivity contribution in [2.75, 3.05) is 6.54 Å². The van der Waals surface area contributed by atoms with E-state index >= 15 is 0 Å². The summed E-state index contributed by atoms with van der Waals surface area (Å²) in [5.74, 6) is 0.258. The molecule has 1 aromatic rings. The summed E-state index contributed by atoms with van der Waals surface area (Å²) in [6.07, 6.45) is 0.779. The van der Waals surface area contributed by atoms with Crippen LogP contribution in [0.4, 0.5) is 0 Å². The van der Waals surface area contributed by atoms with Gasteiger partial charge in [-0.1, -0.05) is 6.92 Å². The van der Waals surface area contributed by atoms with E-state index in [2.05, 4.69) is 0 Å². The molecule has 1 unspecified atom stereocenters. The number of aromatic hydroxyl groups is 1. The topological polar surface area (TPSA) is 63.3 Å². The molecule has 0 aliphatic rings. The molecule has 3 nitrogen and oxygen atoms in total. The summed E-state index contributed by atoms with van der Waals surface area (Å²) in [5.41, 5.74) is 6.88. The number of hydrogen-bond acceptors (Lipinski definition) is 3. The predicted molar refractivity (Wildman–Crippen MR) is 51.0 cm³/mol. The van der Waals surface area contributed by atoms with E-state index in [0.29, 0.717) is 12.1 Å². The van der Waals surface area contributed by atoms with E-state index in [-0.39, 0.29) is 11.7 Å². The second kappa shape index (κ2) is 4.05.